The molecule has 63 heavy (non-hydrogen) atoms. The summed E-state index contributed by atoms with van der Waals surface area (Å²) in [6.07, 6.45) is 0. The Kier molecular flexibility index (Phi) is 7.87. The average molecular weight is 804 g/mol. The lowest BCUT2D eigenvalue weighted by Gasteiger charge is -2.11. The Morgan fingerprint density at radius 1 is 0.270 bits per heavy atom. The van der Waals surface area contributed by atoms with Crippen LogP contribution in [0.2, 0.25) is 0 Å². The zero-order valence-corrected chi connectivity index (χ0v) is 34.1. The van der Waals surface area contributed by atoms with Crippen LogP contribution in [-0.2, 0) is 0 Å². The number of aromatic nitrogens is 3. The van der Waals surface area contributed by atoms with Crippen LogP contribution < -0.4 is 0 Å². The second-order valence-electron chi connectivity index (χ2n) is 16.4. The van der Waals surface area contributed by atoms with Gasteiger partial charge in [0.25, 0.3) is 0 Å². The molecule has 4 nitrogen and oxygen atoms in total. The van der Waals surface area contributed by atoms with Crippen molar-refractivity contribution in [3.8, 4) is 56.1 Å². The van der Waals surface area contributed by atoms with Gasteiger partial charge in [-0.3, -0.25) is 0 Å². The van der Waals surface area contributed by atoms with E-state index in [2.05, 4.69) is 215 Å². The van der Waals surface area contributed by atoms with Crippen molar-refractivity contribution in [2.45, 2.75) is 0 Å². The molecule has 13 rings (SSSR count). The highest BCUT2D eigenvalue weighted by molar-refractivity contribution is 6.14. The minimum atomic E-state index is 0.898. The van der Waals surface area contributed by atoms with Gasteiger partial charge in [0.15, 0.2) is 0 Å². The second kappa shape index (κ2) is 14.1. The van der Waals surface area contributed by atoms with Crippen molar-refractivity contribution in [2.75, 3.05) is 0 Å². The van der Waals surface area contributed by atoms with Crippen LogP contribution in [0.3, 0.4) is 0 Å². The van der Waals surface area contributed by atoms with Crippen LogP contribution in [0.5, 0.6) is 0 Å². The number of furan rings is 1. The van der Waals surface area contributed by atoms with Crippen LogP contribution in [0.4, 0.5) is 0 Å². The van der Waals surface area contributed by atoms with Crippen molar-refractivity contribution < 1.29 is 4.42 Å². The third-order valence-electron chi connectivity index (χ3n) is 12.7. The Hall–Kier alpha value is -8.47. The van der Waals surface area contributed by atoms with Gasteiger partial charge in [0.05, 0.1) is 33.5 Å². The molecule has 4 aromatic heterocycles. The van der Waals surface area contributed by atoms with Gasteiger partial charge in [-0.25, -0.2) is 4.98 Å². The van der Waals surface area contributed by atoms with E-state index in [0.29, 0.717) is 0 Å². The van der Waals surface area contributed by atoms with E-state index < -0.39 is 0 Å². The standard InChI is InChI=1S/C59H37N3O/c1-3-13-38(14-4-1)52-21-12-22-53(60-52)43-15-11-18-45(33-43)62-56-30-26-40(39-25-29-55-48(34-39)46-19-7-9-23-54(46)61(55)44-16-5-2-6-17-44)35-49(56)50-36-41(27-31-57(50)62)42-28-32-59-51(37-42)47-20-8-10-24-58(47)63-59/h1-37H. The predicted molar refractivity (Wildman–Crippen MR) is 262 cm³/mol. The first-order valence-electron chi connectivity index (χ1n) is 21.4. The van der Waals surface area contributed by atoms with Gasteiger partial charge in [0.1, 0.15) is 11.2 Å². The summed E-state index contributed by atoms with van der Waals surface area (Å²) < 4.78 is 11.0. The highest BCUT2D eigenvalue weighted by atomic mass is 16.3. The fraction of sp³-hybridized carbons (Fsp3) is 0. The SMILES string of the molecule is c1ccc(-c2cccc(-c3cccc(-n4c5ccc(-c6ccc7oc8ccccc8c7c6)cc5c5cc(-c6ccc7c(c6)c6ccccc6n7-c6ccccc6)ccc54)c3)n2)cc1. The summed E-state index contributed by atoms with van der Waals surface area (Å²) in [5, 5.41) is 7.12. The number of para-hydroxylation sites is 3. The molecule has 0 radical (unpaired) electrons. The number of nitrogens with zero attached hydrogens (tertiary/aromatic N) is 3. The Bertz CT molecular complexity index is 3910. The predicted octanol–water partition coefficient (Wildman–Crippen LogP) is 15.8. The first-order valence-corrected chi connectivity index (χ1v) is 21.4. The van der Waals surface area contributed by atoms with Crippen LogP contribution in [-0.4, -0.2) is 14.1 Å². The number of fused-ring (bicyclic) bond motifs is 9. The molecule has 0 amide bonds. The Balaban J connectivity index is 0.999. The summed E-state index contributed by atoms with van der Waals surface area (Å²) in [5.74, 6) is 0. The molecule has 0 aliphatic heterocycles. The third kappa shape index (κ3) is 5.73. The first-order chi connectivity index (χ1) is 31.2. The normalized spacial score (nSPS) is 11.8. The molecule has 0 aliphatic carbocycles. The fourth-order valence-corrected chi connectivity index (χ4v) is 9.74. The molecule has 0 aliphatic rings. The summed E-state index contributed by atoms with van der Waals surface area (Å²) >= 11 is 0. The number of hydrogen-bond donors (Lipinski definition) is 0. The van der Waals surface area contributed by atoms with Crippen molar-refractivity contribution in [1.82, 2.24) is 14.1 Å². The van der Waals surface area contributed by atoms with Crippen LogP contribution >= 0.6 is 0 Å². The van der Waals surface area contributed by atoms with Crippen molar-refractivity contribution >= 4 is 65.6 Å². The molecule has 0 N–H and O–H groups in total. The molecule has 0 bridgehead atoms. The van der Waals surface area contributed by atoms with Gasteiger partial charge in [-0.2, -0.15) is 0 Å². The van der Waals surface area contributed by atoms with Gasteiger partial charge in [0.2, 0.25) is 0 Å². The fourth-order valence-electron chi connectivity index (χ4n) is 9.74. The average Bonchev–Trinajstić information content (AvgIpc) is 4.01. The van der Waals surface area contributed by atoms with Crippen LogP contribution in [0, 0.1) is 0 Å². The lowest BCUT2D eigenvalue weighted by molar-refractivity contribution is 0.669. The molecule has 4 heteroatoms. The van der Waals surface area contributed by atoms with E-state index in [1.807, 2.05) is 18.2 Å². The highest BCUT2D eigenvalue weighted by Gasteiger charge is 2.18. The van der Waals surface area contributed by atoms with Crippen molar-refractivity contribution in [3.63, 3.8) is 0 Å². The zero-order valence-electron chi connectivity index (χ0n) is 34.1. The largest absolute Gasteiger partial charge is 0.456 e. The van der Waals surface area contributed by atoms with E-state index in [4.69, 9.17) is 9.40 Å². The monoisotopic (exact) mass is 803 g/mol. The number of pyridine rings is 1. The van der Waals surface area contributed by atoms with Gasteiger partial charge >= 0.3 is 0 Å². The number of benzene rings is 9. The first kappa shape index (κ1) is 35.3. The van der Waals surface area contributed by atoms with Gasteiger partial charge in [0, 0.05) is 54.8 Å². The van der Waals surface area contributed by atoms with Crippen LogP contribution in [0.1, 0.15) is 0 Å². The number of rotatable bonds is 6. The lowest BCUT2D eigenvalue weighted by atomic mass is 9.98. The van der Waals surface area contributed by atoms with Gasteiger partial charge in [-0.05, 0) is 119 Å². The molecule has 294 valence electrons. The van der Waals surface area contributed by atoms with E-state index in [-0.39, 0.29) is 0 Å². The molecular formula is C59H37N3O. The van der Waals surface area contributed by atoms with Crippen LogP contribution in [0.25, 0.3) is 122 Å². The summed E-state index contributed by atoms with van der Waals surface area (Å²) in [6.45, 7) is 0. The van der Waals surface area contributed by atoms with Gasteiger partial charge in [-0.15, -0.1) is 0 Å². The summed E-state index contributed by atoms with van der Waals surface area (Å²) in [6, 6.07) is 80.5. The van der Waals surface area contributed by atoms with Gasteiger partial charge in [-0.1, -0.05) is 127 Å². The molecule has 0 saturated heterocycles. The molecule has 0 unspecified atom stereocenters. The van der Waals surface area contributed by atoms with E-state index in [1.165, 1.54) is 43.7 Å². The molecule has 13 aromatic rings. The molecule has 0 spiro atoms. The molecule has 9 aromatic carbocycles. The minimum absolute atomic E-state index is 0.898. The van der Waals surface area contributed by atoms with E-state index >= 15 is 0 Å². The number of hydrogen-bond acceptors (Lipinski definition) is 2. The molecule has 0 atom stereocenters. The lowest BCUT2D eigenvalue weighted by Crippen LogP contribution is -1.95. The van der Waals surface area contributed by atoms with E-state index in [0.717, 1.165) is 78.0 Å². The summed E-state index contributed by atoms with van der Waals surface area (Å²) in [7, 11) is 0. The smallest absolute Gasteiger partial charge is 0.135 e. The summed E-state index contributed by atoms with van der Waals surface area (Å²) in [4.78, 5) is 5.13. The minimum Gasteiger partial charge on any atom is -0.456 e. The van der Waals surface area contributed by atoms with Crippen molar-refractivity contribution in [1.29, 1.82) is 0 Å². The maximum Gasteiger partial charge on any atom is 0.135 e. The highest BCUT2D eigenvalue weighted by Crippen LogP contribution is 2.41. The van der Waals surface area contributed by atoms with E-state index in [1.54, 1.807) is 0 Å². The van der Waals surface area contributed by atoms with Gasteiger partial charge < -0.3 is 13.6 Å². The Morgan fingerprint density at radius 2 is 0.730 bits per heavy atom. The maximum absolute atomic E-state index is 6.21. The molecule has 4 heterocycles. The topological polar surface area (TPSA) is 35.9 Å². The molecule has 0 saturated carbocycles. The van der Waals surface area contributed by atoms with Crippen LogP contribution in [0.15, 0.2) is 229 Å². The quantitative estimate of drug-likeness (QED) is 0.168. The molecular weight excluding hydrogens is 767 g/mol. The van der Waals surface area contributed by atoms with Crippen molar-refractivity contribution in [2.24, 2.45) is 0 Å². The second-order valence-corrected chi connectivity index (χ2v) is 16.4. The molecule has 0 fully saturated rings. The zero-order chi connectivity index (χ0) is 41.4. The Labute approximate surface area is 363 Å². The van der Waals surface area contributed by atoms with Crippen molar-refractivity contribution in [3.05, 3.63) is 224 Å². The summed E-state index contributed by atoms with van der Waals surface area (Å²) in [5.41, 5.74) is 17.5. The van der Waals surface area contributed by atoms with E-state index in [9.17, 15) is 0 Å². The third-order valence-corrected chi connectivity index (χ3v) is 12.7. The Morgan fingerprint density at radius 3 is 1.43 bits per heavy atom. The maximum atomic E-state index is 6.21.